The third-order valence-corrected chi connectivity index (χ3v) is 9.96. The second-order valence-electron chi connectivity index (χ2n) is 14.9. The van der Waals surface area contributed by atoms with Gasteiger partial charge in [0.25, 0.3) is 0 Å². The van der Waals surface area contributed by atoms with E-state index in [1.54, 1.807) is 0 Å². The zero-order valence-corrected chi connectivity index (χ0v) is 27.8. The Morgan fingerprint density at radius 2 is 1.78 bits per heavy atom. The predicted molar refractivity (Wildman–Crippen MR) is 176 cm³/mol. The van der Waals surface area contributed by atoms with Gasteiger partial charge in [-0.3, -0.25) is 14.5 Å². The topological polar surface area (TPSA) is 100 Å². The summed E-state index contributed by atoms with van der Waals surface area (Å²) in [5, 5.41) is 15.4. The maximum Gasteiger partial charge on any atom is 0.224 e. The zero-order chi connectivity index (χ0) is 32.2. The average molecular weight is 620 g/mol. The molecule has 246 valence electrons. The van der Waals surface area contributed by atoms with Gasteiger partial charge in [-0.1, -0.05) is 70.5 Å². The normalized spacial score (nSPS) is 29.3. The summed E-state index contributed by atoms with van der Waals surface area (Å²) in [5.41, 5.74) is 4.26. The van der Waals surface area contributed by atoms with Crippen molar-refractivity contribution >= 4 is 17.5 Å². The smallest absolute Gasteiger partial charge is 0.224 e. The van der Waals surface area contributed by atoms with Crippen LogP contribution in [0.25, 0.3) is 0 Å². The van der Waals surface area contributed by atoms with Crippen LogP contribution in [0.5, 0.6) is 0 Å². The van der Waals surface area contributed by atoms with Gasteiger partial charge in [-0.2, -0.15) is 0 Å². The molecular weight excluding hydrogens is 566 g/mol. The van der Waals surface area contributed by atoms with Crippen LogP contribution >= 0.6 is 0 Å². The van der Waals surface area contributed by atoms with Crippen LogP contribution in [0.15, 0.2) is 48.5 Å². The minimum absolute atomic E-state index is 0.0107. The fourth-order valence-electron chi connectivity index (χ4n) is 8.19. The predicted octanol–water partition coefficient (Wildman–Crippen LogP) is 6.51. The van der Waals surface area contributed by atoms with Gasteiger partial charge < -0.3 is 25.2 Å². The van der Waals surface area contributed by atoms with Crippen LogP contribution in [0.1, 0.15) is 109 Å². The summed E-state index contributed by atoms with van der Waals surface area (Å²) >= 11 is 0. The number of aliphatic hydroxyl groups is 1. The summed E-state index contributed by atoms with van der Waals surface area (Å²) in [5.74, 6) is 0.0697. The molecule has 8 nitrogen and oxygen atoms in total. The molecular formula is C37H53N3O5. The average Bonchev–Trinajstić information content (AvgIpc) is 3.23. The lowest BCUT2D eigenvalue weighted by Crippen LogP contribution is -2.46. The highest BCUT2D eigenvalue weighted by atomic mass is 16.7. The number of nitrogens with one attached hydrogen (secondary N) is 2. The van der Waals surface area contributed by atoms with Crippen LogP contribution in [0, 0.1) is 16.7 Å². The number of anilines is 1. The van der Waals surface area contributed by atoms with Gasteiger partial charge in [-0.05, 0) is 66.2 Å². The molecule has 3 fully saturated rings. The fourth-order valence-corrected chi connectivity index (χ4v) is 8.19. The van der Waals surface area contributed by atoms with Gasteiger partial charge in [0.05, 0.1) is 18.8 Å². The Bertz CT molecular complexity index is 1310. The Morgan fingerprint density at radius 3 is 2.51 bits per heavy atom. The Labute approximate surface area is 269 Å². The van der Waals surface area contributed by atoms with Crippen LogP contribution < -0.4 is 10.6 Å². The molecule has 2 bridgehead atoms. The third kappa shape index (κ3) is 8.73. The van der Waals surface area contributed by atoms with Crippen LogP contribution in [0.2, 0.25) is 0 Å². The molecule has 3 aliphatic rings. The van der Waals surface area contributed by atoms with E-state index < -0.39 is 6.29 Å². The maximum absolute atomic E-state index is 12.7. The van der Waals surface area contributed by atoms with E-state index in [4.69, 9.17) is 9.47 Å². The van der Waals surface area contributed by atoms with Gasteiger partial charge in [0, 0.05) is 56.2 Å². The number of carbonyl (C=O) groups excluding carboxylic acids is 2. The first-order chi connectivity index (χ1) is 21.4. The van der Waals surface area contributed by atoms with E-state index in [9.17, 15) is 14.7 Å². The lowest BCUT2D eigenvalue weighted by atomic mass is 9.65. The molecule has 2 aromatic rings. The highest BCUT2D eigenvalue weighted by Crippen LogP contribution is 2.53. The summed E-state index contributed by atoms with van der Waals surface area (Å²) in [4.78, 5) is 26.4. The van der Waals surface area contributed by atoms with Crippen LogP contribution in [-0.2, 0) is 25.7 Å². The minimum Gasteiger partial charge on any atom is -0.392 e. The number of rotatable bonds is 12. The molecule has 0 radical (unpaired) electrons. The SMILES string of the molecule is CC(=O)NCCCCCC(=O)Nc1cccc([C@H]2O[C@@H](CN3CC4(C)CC3CC(C)(C)C4)[C@@H](C)[C@@H](c3ccc(CO)cc3)O2)c1. The molecule has 2 aromatic carbocycles. The standard InChI is InChI=1S/C37H53N3O5/c1-25-32(21-40-24-37(5)20-31(40)19-36(3,4)23-37)44-35(45-34(25)28-15-13-27(22-41)14-16-28)29-10-9-11-30(18-29)39-33(43)12-7-6-8-17-38-26(2)42/h9-11,13-16,18,25,31-32,34-35,41H,6-8,12,17,19-24H2,1-5H3,(H,38,42)(H,39,43)/t25-,31?,32+,34+,35+,37?/m1/s1. The quantitative estimate of drug-likeness (QED) is 0.235. The van der Waals surface area contributed by atoms with Crippen molar-refractivity contribution in [2.75, 3.05) is 25.0 Å². The van der Waals surface area contributed by atoms with Gasteiger partial charge in [0.15, 0.2) is 6.29 Å². The van der Waals surface area contributed by atoms with Gasteiger partial charge in [0.1, 0.15) is 0 Å². The van der Waals surface area contributed by atoms with Gasteiger partial charge in [0.2, 0.25) is 11.8 Å². The number of likely N-dealkylation sites (tertiary alicyclic amines) is 1. The van der Waals surface area contributed by atoms with Crippen molar-refractivity contribution in [1.82, 2.24) is 10.2 Å². The minimum atomic E-state index is -0.576. The molecule has 5 rings (SSSR count). The monoisotopic (exact) mass is 619 g/mol. The van der Waals surface area contributed by atoms with Crippen LogP contribution in [0.4, 0.5) is 5.69 Å². The fraction of sp³-hybridized carbons (Fsp3) is 0.622. The first kappa shape index (κ1) is 33.6. The molecule has 1 aliphatic carbocycles. The maximum atomic E-state index is 12.7. The van der Waals surface area contributed by atoms with Crippen molar-refractivity contribution in [3.63, 3.8) is 0 Å². The Morgan fingerprint density at radius 1 is 1.00 bits per heavy atom. The molecule has 6 atom stereocenters. The van der Waals surface area contributed by atoms with Crippen molar-refractivity contribution in [3.05, 3.63) is 65.2 Å². The Hall–Kier alpha value is -2.78. The number of benzene rings is 2. The van der Waals surface area contributed by atoms with E-state index in [1.165, 1.54) is 26.2 Å². The number of aliphatic hydroxyl groups excluding tert-OH is 1. The van der Waals surface area contributed by atoms with Crippen molar-refractivity contribution in [3.8, 4) is 0 Å². The number of amides is 2. The highest BCUT2D eigenvalue weighted by Gasteiger charge is 2.51. The first-order valence-corrected chi connectivity index (χ1v) is 16.8. The number of nitrogens with zero attached hydrogens (tertiary/aromatic N) is 1. The molecule has 2 saturated heterocycles. The number of carbonyl (C=O) groups is 2. The van der Waals surface area contributed by atoms with E-state index in [-0.39, 0.29) is 36.5 Å². The Kier molecular flexibility index (Phi) is 10.7. The molecule has 45 heavy (non-hydrogen) atoms. The third-order valence-electron chi connectivity index (χ3n) is 9.96. The van der Waals surface area contributed by atoms with Crippen molar-refractivity contribution < 1.29 is 24.2 Å². The van der Waals surface area contributed by atoms with Crippen LogP contribution in [-0.4, -0.2) is 53.6 Å². The van der Waals surface area contributed by atoms with Crippen LogP contribution in [0.3, 0.4) is 0 Å². The van der Waals surface area contributed by atoms with E-state index in [0.717, 1.165) is 54.7 Å². The van der Waals surface area contributed by atoms with E-state index in [2.05, 4.69) is 55.4 Å². The van der Waals surface area contributed by atoms with Crippen molar-refractivity contribution in [1.29, 1.82) is 0 Å². The summed E-state index contributed by atoms with van der Waals surface area (Å²) in [7, 11) is 0. The van der Waals surface area contributed by atoms with Crippen molar-refractivity contribution in [2.45, 2.75) is 111 Å². The number of fused-ring (bicyclic) bond motifs is 2. The summed E-state index contributed by atoms with van der Waals surface area (Å²) < 4.78 is 13.5. The number of hydrogen-bond donors (Lipinski definition) is 3. The van der Waals surface area contributed by atoms with E-state index in [1.807, 2.05) is 36.4 Å². The highest BCUT2D eigenvalue weighted by molar-refractivity contribution is 5.90. The van der Waals surface area contributed by atoms with Gasteiger partial charge >= 0.3 is 0 Å². The largest absolute Gasteiger partial charge is 0.392 e. The molecule has 2 unspecified atom stereocenters. The second-order valence-corrected chi connectivity index (χ2v) is 14.9. The number of hydrogen-bond acceptors (Lipinski definition) is 6. The number of ether oxygens (including phenoxy) is 2. The first-order valence-electron chi connectivity index (χ1n) is 16.8. The summed E-state index contributed by atoms with van der Waals surface area (Å²) in [6.45, 7) is 13.6. The summed E-state index contributed by atoms with van der Waals surface area (Å²) in [6.07, 6.45) is 5.88. The van der Waals surface area contributed by atoms with Gasteiger partial charge in [-0.25, -0.2) is 0 Å². The molecule has 0 spiro atoms. The molecule has 1 saturated carbocycles. The van der Waals surface area contributed by atoms with Crippen molar-refractivity contribution in [2.24, 2.45) is 16.7 Å². The van der Waals surface area contributed by atoms with E-state index >= 15 is 0 Å². The second kappa shape index (κ2) is 14.3. The zero-order valence-electron chi connectivity index (χ0n) is 27.8. The Balaban J connectivity index is 1.29. The molecule has 8 heteroatoms. The summed E-state index contributed by atoms with van der Waals surface area (Å²) in [6, 6.07) is 16.4. The number of unbranched alkanes of at least 4 members (excludes halogenated alkanes) is 2. The molecule has 3 N–H and O–H groups in total. The molecule has 2 heterocycles. The van der Waals surface area contributed by atoms with E-state index in [0.29, 0.717) is 29.8 Å². The van der Waals surface area contributed by atoms with Gasteiger partial charge in [-0.15, -0.1) is 0 Å². The molecule has 0 aromatic heterocycles. The molecule has 2 aliphatic heterocycles. The molecule has 2 amide bonds. The lowest BCUT2D eigenvalue weighted by Gasteiger charge is -2.43. The lowest BCUT2D eigenvalue weighted by molar-refractivity contribution is -0.276.